The summed E-state index contributed by atoms with van der Waals surface area (Å²) in [7, 11) is 2.00. The van der Waals surface area contributed by atoms with Crippen LogP contribution in [0.2, 0.25) is 0 Å². The van der Waals surface area contributed by atoms with Crippen LogP contribution in [0.3, 0.4) is 0 Å². The number of aryl methyl sites for hydroxylation is 1. The molecule has 0 atom stereocenters. The summed E-state index contributed by atoms with van der Waals surface area (Å²) in [6.07, 6.45) is 3.79. The zero-order valence-electron chi connectivity index (χ0n) is 11.3. The Hall–Kier alpha value is -2.07. The maximum absolute atomic E-state index is 9.57. The molecule has 0 amide bonds. The molecule has 4 heteroatoms. The van der Waals surface area contributed by atoms with Gasteiger partial charge in [-0.05, 0) is 42.7 Å². The lowest BCUT2D eigenvalue weighted by Gasteiger charge is -2.12. The summed E-state index contributed by atoms with van der Waals surface area (Å²) in [5.41, 5.74) is 3.23. The van der Waals surface area contributed by atoms with E-state index in [1.807, 2.05) is 29.8 Å². The molecule has 1 aliphatic rings. The number of imidazole rings is 1. The first-order valence-corrected chi connectivity index (χ1v) is 6.85. The summed E-state index contributed by atoms with van der Waals surface area (Å²) in [5, 5.41) is 9.57. The van der Waals surface area contributed by atoms with Gasteiger partial charge in [0.05, 0.1) is 23.9 Å². The standard InChI is InChI=1S/C16H16N2O2/c1-18-13-9-11(16(10-19)6-7-16)4-5-12(13)17-15(18)14-3-2-8-20-14/h2-5,8-9,19H,6-7,10H2,1H3. The molecule has 1 N–H and O–H groups in total. The van der Waals surface area contributed by atoms with Crippen LogP contribution in [0.1, 0.15) is 18.4 Å². The normalized spacial score (nSPS) is 16.7. The van der Waals surface area contributed by atoms with Crippen LogP contribution < -0.4 is 0 Å². The first-order valence-electron chi connectivity index (χ1n) is 6.85. The van der Waals surface area contributed by atoms with Crippen molar-refractivity contribution in [3.63, 3.8) is 0 Å². The second kappa shape index (κ2) is 3.96. The number of hydrogen-bond donors (Lipinski definition) is 1. The minimum Gasteiger partial charge on any atom is -0.461 e. The average molecular weight is 268 g/mol. The molecule has 0 unspecified atom stereocenters. The fraction of sp³-hybridized carbons (Fsp3) is 0.312. The molecule has 20 heavy (non-hydrogen) atoms. The van der Waals surface area contributed by atoms with Gasteiger partial charge in [-0.15, -0.1) is 0 Å². The van der Waals surface area contributed by atoms with Gasteiger partial charge in [-0.3, -0.25) is 0 Å². The topological polar surface area (TPSA) is 51.2 Å². The highest BCUT2D eigenvalue weighted by Crippen LogP contribution is 2.48. The third-order valence-corrected chi connectivity index (χ3v) is 4.39. The molecule has 1 aromatic carbocycles. The van der Waals surface area contributed by atoms with E-state index < -0.39 is 0 Å². The van der Waals surface area contributed by atoms with Crippen molar-refractivity contribution in [2.24, 2.45) is 7.05 Å². The second-order valence-corrected chi connectivity index (χ2v) is 5.61. The van der Waals surface area contributed by atoms with E-state index in [1.165, 1.54) is 5.56 Å². The highest BCUT2D eigenvalue weighted by Gasteiger charge is 2.43. The Bertz CT molecular complexity index is 767. The molecule has 2 heterocycles. The number of nitrogens with zero attached hydrogens (tertiary/aromatic N) is 2. The fourth-order valence-corrected chi connectivity index (χ4v) is 2.83. The van der Waals surface area contributed by atoms with E-state index in [4.69, 9.17) is 4.42 Å². The number of benzene rings is 1. The molecule has 0 radical (unpaired) electrons. The fourth-order valence-electron chi connectivity index (χ4n) is 2.83. The van der Waals surface area contributed by atoms with Gasteiger partial charge in [-0.1, -0.05) is 6.07 Å². The van der Waals surface area contributed by atoms with Crippen LogP contribution in [0, 0.1) is 0 Å². The summed E-state index contributed by atoms with van der Waals surface area (Å²) in [6, 6.07) is 10.1. The molecular formula is C16H16N2O2. The van der Waals surface area contributed by atoms with Crippen LogP contribution >= 0.6 is 0 Å². The maximum Gasteiger partial charge on any atom is 0.176 e. The van der Waals surface area contributed by atoms with Crippen LogP contribution in [-0.2, 0) is 12.5 Å². The lowest BCUT2D eigenvalue weighted by Crippen LogP contribution is -2.11. The number of rotatable bonds is 3. The zero-order valence-corrected chi connectivity index (χ0v) is 11.3. The quantitative estimate of drug-likeness (QED) is 0.794. The number of fused-ring (bicyclic) bond motifs is 1. The van der Waals surface area contributed by atoms with Crippen LogP contribution in [0.5, 0.6) is 0 Å². The van der Waals surface area contributed by atoms with Crippen molar-refractivity contribution in [1.29, 1.82) is 0 Å². The van der Waals surface area contributed by atoms with Gasteiger partial charge < -0.3 is 14.1 Å². The lowest BCUT2D eigenvalue weighted by molar-refractivity contribution is 0.255. The summed E-state index contributed by atoms with van der Waals surface area (Å²) < 4.78 is 7.48. The number of hydrogen-bond acceptors (Lipinski definition) is 3. The van der Waals surface area contributed by atoms with Gasteiger partial charge in [-0.2, -0.15) is 0 Å². The molecule has 0 bridgehead atoms. The minimum atomic E-state index is -0.0106. The summed E-state index contributed by atoms with van der Waals surface area (Å²) in [6.45, 7) is 0.224. The summed E-state index contributed by atoms with van der Waals surface area (Å²) in [4.78, 5) is 4.63. The Balaban J connectivity index is 1.89. The monoisotopic (exact) mass is 268 g/mol. The lowest BCUT2D eigenvalue weighted by atomic mass is 9.97. The molecule has 0 aliphatic heterocycles. The maximum atomic E-state index is 9.57. The van der Waals surface area contributed by atoms with E-state index in [0.717, 1.165) is 35.5 Å². The smallest absolute Gasteiger partial charge is 0.176 e. The van der Waals surface area contributed by atoms with Gasteiger partial charge in [0.25, 0.3) is 0 Å². The summed E-state index contributed by atoms with van der Waals surface area (Å²) in [5.74, 6) is 1.60. The largest absolute Gasteiger partial charge is 0.461 e. The molecule has 1 fully saturated rings. The van der Waals surface area contributed by atoms with Crippen molar-refractivity contribution >= 4 is 11.0 Å². The predicted octanol–water partition coefficient (Wildman–Crippen LogP) is 2.86. The van der Waals surface area contributed by atoms with Gasteiger partial charge in [0.2, 0.25) is 0 Å². The average Bonchev–Trinajstić information content (AvgIpc) is 2.95. The van der Waals surface area contributed by atoms with Crippen molar-refractivity contribution in [2.45, 2.75) is 18.3 Å². The molecule has 4 rings (SSSR count). The molecule has 102 valence electrons. The second-order valence-electron chi connectivity index (χ2n) is 5.61. The van der Waals surface area contributed by atoms with E-state index in [9.17, 15) is 5.11 Å². The predicted molar refractivity (Wildman–Crippen MR) is 76.4 cm³/mol. The zero-order chi connectivity index (χ0) is 13.7. The Morgan fingerprint density at radius 1 is 1.35 bits per heavy atom. The van der Waals surface area contributed by atoms with Crippen molar-refractivity contribution < 1.29 is 9.52 Å². The SMILES string of the molecule is Cn1c(-c2ccco2)nc2ccc(C3(CO)CC3)cc21. The van der Waals surface area contributed by atoms with E-state index in [-0.39, 0.29) is 12.0 Å². The van der Waals surface area contributed by atoms with Crippen LogP contribution in [0.4, 0.5) is 0 Å². The van der Waals surface area contributed by atoms with E-state index in [0.29, 0.717) is 0 Å². The van der Waals surface area contributed by atoms with Crippen LogP contribution in [-0.4, -0.2) is 21.3 Å². The van der Waals surface area contributed by atoms with Gasteiger partial charge in [0, 0.05) is 12.5 Å². The number of aliphatic hydroxyl groups is 1. The highest BCUT2D eigenvalue weighted by molar-refractivity contribution is 5.80. The van der Waals surface area contributed by atoms with Crippen molar-refractivity contribution in [1.82, 2.24) is 9.55 Å². The molecule has 0 saturated heterocycles. The third-order valence-electron chi connectivity index (χ3n) is 4.39. The summed E-state index contributed by atoms with van der Waals surface area (Å²) >= 11 is 0. The van der Waals surface area contributed by atoms with Crippen LogP contribution in [0.15, 0.2) is 41.0 Å². The van der Waals surface area contributed by atoms with E-state index in [1.54, 1.807) is 6.26 Å². The van der Waals surface area contributed by atoms with E-state index >= 15 is 0 Å². The molecule has 1 aliphatic carbocycles. The Morgan fingerprint density at radius 3 is 2.85 bits per heavy atom. The molecule has 2 aromatic heterocycles. The number of aliphatic hydroxyl groups excluding tert-OH is 1. The first-order chi connectivity index (χ1) is 9.73. The van der Waals surface area contributed by atoms with Gasteiger partial charge in [-0.25, -0.2) is 4.98 Å². The van der Waals surface area contributed by atoms with Gasteiger partial charge >= 0.3 is 0 Å². The van der Waals surface area contributed by atoms with E-state index in [2.05, 4.69) is 17.1 Å². The Labute approximate surface area is 116 Å². The molecule has 3 aromatic rings. The molecular weight excluding hydrogens is 252 g/mol. The minimum absolute atomic E-state index is 0.0106. The molecule has 1 saturated carbocycles. The Morgan fingerprint density at radius 2 is 2.20 bits per heavy atom. The Kier molecular flexibility index (Phi) is 2.32. The van der Waals surface area contributed by atoms with Crippen LogP contribution in [0.25, 0.3) is 22.6 Å². The first kappa shape index (κ1) is 11.7. The number of furan rings is 1. The molecule has 0 spiro atoms. The van der Waals surface area contributed by atoms with Crippen molar-refractivity contribution in [2.75, 3.05) is 6.61 Å². The highest BCUT2D eigenvalue weighted by atomic mass is 16.3. The van der Waals surface area contributed by atoms with Crippen molar-refractivity contribution in [3.05, 3.63) is 42.2 Å². The number of aromatic nitrogens is 2. The molecule has 4 nitrogen and oxygen atoms in total. The van der Waals surface area contributed by atoms with Gasteiger partial charge in [0.1, 0.15) is 0 Å². The van der Waals surface area contributed by atoms with Gasteiger partial charge in [0.15, 0.2) is 11.6 Å². The van der Waals surface area contributed by atoms with Crippen molar-refractivity contribution in [3.8, 4) is 11.6 Å². The third kappa shape index (κ3) is 1.55.